The number of halogens is 1. The number of aliphatic imine (C=N–C) groups is 1. The lowest BCUT2D eigenvalue weighted by Crippen LogP contribution is -2.49. The van der Waals surface area contributed by atoms with Crippen LogP contribution in [-0.2, 0) is 4.74 Å². The van der Waals surface area contributed by atoms with Gasteiger partial charge in [-0.2, -0.15) is 0 Å². The quantitative estimate of drug-likeness (QED) is 0.284. The highest BCUT2D eigenvalue weighted by Crippen LogP contribution is 2.12. The normalized spacial score (nSPS) is 20.1. The van der Waals surface area contributed by atoms with Crippen LogP contribution in [0, 0.1) is 0 Å². The molecule has 6 heteroatoms. The summed E-state index contributed by atoms with van der Waals surface area (Å²) in [6.07, 6.45) is 6.67. The summed E-state index contributed by atoms with van der Waals surface area (Å²) in [5.41, 5.74) is 2.74. The van der Waals surface area contributed by atoms with E-state index in [-0.39, 0.29) is 24.0 Å². The molecule has 0 bridgehead atoms. The summed E-state index contributed by atoms with van der Waals surface area (Å²) >= 11 is 0. The lowest BCUT2D eigenvalue weighted by molar-refractivity contribution is 0.153. The van der Waals surface area contributed by atoms with E-state index in [2.05, 4.69) is 40.1 Å². The number of nitrogens with zero attached hydrogens (tertiary/aromatic N) is 2. The number of ether oxygens (including phenoxy) is 1. The average molecular weight is 448 g/mol. The first-order valence-electron chi connectivity index (χ1n) is 8.77. The Kier molecular flexibility index (Phi) is 10.6. The fourth-order valence-corrected chi connectivity index (χ4v) is 3.14. The molecule has 2 N–H and O–H groups in total. The highest BCUT2D eigenvalue weighted by atomic mass is 127. The molecule has 1 saturated heterocycles. The molecule has 0 aliphatic carbocycles. The van der Waals surface area contributed by atoms with Crippen molar-refractivity contribution >= 4 is 29.9 Å². The van der Waals surface area contributed by atoms with Gasteiger partial charge in [0.1, 0.15) is 0 Å². The Labute approximate surface area is 164 Å². The molecular formula is C18H33IN4O. The van der Waals surface area contributed by atoms with Gasteiger partial charge in [0.05, 0.1) is 13.2 Å². The number of hydrogen-bond acceptors (Lipinski definition) is 3. The summed E-state index contributed by atoms with van der Waals surface area (Å²) in [5.74, 6) is 0.927. The minimum absolute atomic E-state index is 0. The molecule has 24 heavy (non-hydrogen) atoms. The number of rotatable bonds is 6. The zero-order valence-electron chi connectivity index (χ0n) is 15.1. The molecule has 138 valence electrons. The second-order valence-electron chi connectivity index (χ2n) is 6.59. The van der Waals surface area contributed by atoms with Gasteiger partial charge in [0.25, 0.3) is 0 Å². The highest BCUT2D eigenvalue weighted by Gasteiger charge is 2.19. The van der Waals surface area contributed by atoms with E-state index in [1.807, 2.05) is 7.05 Å². The van der Waals surface area contributed by atoms with Gasteiger partial charge in [-0.1, -0.05) is 23.8 Å². The number of hydrogen-bond donors (Lipinski definition) is 2. The standard InChI is InChI=1S/C18H32N4O.HI/c1-15(2)14-22-10-5-17(6-11-22)21-18(19-3)20-9-4-16-7-12-23-13-8-16;/h7,17H,1,4-6,8-14H2,2-3H3,(H2,19,20,21);1H. The van der Waals surface area contributed by atoms with Crippen LogP contribution in [0.2, 0.25) is 0 Å². The summed E-state index contributed by atoms with van der Waals surface area (Å²) in [6.45, 7) is 12.0. The molecule has 2 rings (SSSR count). The van der Waals surface area contributed by atoms with Gasteiger partial charge in [-0.15, -0.1) is 24.0 Å². The van der Waals surface area contributed by atoms with E-state index in [0.717, 1.165) is 71.0 Å². The van der Waals surface area contributed by atoms with Crippen LogP contribution >= 0.6 is 24.0 Å². The number of guanidine groups is 1. The number of likely N-dealkylation sites (tertiary alicyclic amines) is 1. The summed E-state index contributed by atoms with van der Waals surface area (Å²) in [7, 11) is 1.85. The predicted molar refractivity (Wildman–Crippen MR) is 112 cm³/mol. The van der Waals surface area contributed by atoms with Crippen molar-refractivity contribution in [3.05, 3.63) is 23.8 Å². The van der Waals surface area contributed by atoms with Crippen molar-refractivity contribution in [1.29, 1.82) is 0 Å². The molecule has 0 aromatic rings. The van der Waals surface area contributed by atoms with E-state index in [9.17, 15) is 0 Å². The van der Waals surface area contributed by atoms with Crippen LogP contribution in [0.15, 0.2) is 28.8 Å². The van der Waals surface area contributed by atoms with E-state index in [1.54, 1.807) is 0 Å². The SMILES string of the molecule is C=C(C)CN1CCC(NC(=NC)NCCC2=CCOCC2)CC1.I. The first-order chi connectivity index (χ1) is 11.2. The molecule has 0 saturated carbocycles. The molecule has 0 amide bonds. The monoisotopic (exact) mass is 448 g/mol. The van der Waals surface area contributed by atoms with Gasteiger partial charge in [-0.05, 0) is 32.6 Å². The van der Waals surface area contributed by atoms with Crippen LogP contribution in [-0.4, -0.2) is 63.3 Å². The van der Waals surface area contributed by atoms with Crippen molar-refractivity contribution in [3.8, 4) is 0 Å². The molecule has 5 nitrogen and oxygen atoms in total. The van der Waals surface area contributed by atoms with Gasteiger partial charge in [-0.25, -0.2) is 0 Å². The Morgan fingerprint density at radius 3 is 2.75 bits per heavy atom. The zero-order chi connectivity index (χ0) is 16.5. The number of nitrogens with one attached hydrogen (secondary N) is 2. The van der Waals surface area contributed by atoms with Crippen LogP contribution in [0.3, 0.4) is 0 Å². The maximum Gasteiger partial charge on any atom is 0.191 e. The molecule has 0 atom stereocenters. The van der Waals surface area contributed by atoms with Gasteiger partial charge in [0.2, 0.25) is 0 Å². The molecular weight excluding hydrogens is 415 g/mol. The molecule has 0 aromatic heterocycles. The topological polar surface area (TPSA) is 48.9 Å². The first-order valence-corrected chi connectivity index (χ1v) is 8.77. The van der Waals surface area contributed by atoms with Crippen molar-refractivity contribution < 1.29 is 4.74 Å². The Bertz CT molecular complexity index is 442. The molecule has 0 unspecified atom stereocenters. The van der Waals surface area contributed by atoms with Crippen LogP contribution < -0.4 is 10.6 Å². The maximum atomic E-state index is 5.34. The molecule has 2 heterocycles. The summed E-state index contributed by atoms with van der Waals surface area (Å²) < 4.78 is 5.34. The van der Waals surface area contributed by atoms with Gasteiger partial charge in [0, 0.05) is 39.3 Å². The van der Waals surface area contributed by atoms with Crippen LogP contribution in [0.5, 0.6) is 0 Å². The third kappa shape index (κ3) is 7.98. The van der Waals surface area contributed by atoms with E-state index >= 15 is 0 Å². The van der Waals surface area contributed by atoms with E-state index < -0.39 is 0 Å². The lowest BCUT2D eigenvalue weighted by Gasteiger charge is -2.33. The summed E-state index contributed by atoms with van der Waals surface area (Å²) in [5, 5.41) is 7.00. The van der Waals surface area contributed by atoms with Crippen molar-refractivity contribution in [2.75, 3.05) is 46.4 Å². The Morgan fingerprint density at radius 2 is 2.17 bits per heavy atom. The third-order valence-electron chi connectivity index (χ3n) is 4.44. The smallest absolute Gasteiger partial charge is 0.191 e. The predicted octanol–water partition coefficient (Wildman–Crippen LogP) is 2.55. The fourth-order valence-electron chi connectivity index (χ4n) is 3.14. The Hall–Kier alpha value is -0.600. The third-order valence-corrected chi connectivity index (χ3v) is 4.44. The fraction of sp³-hybridized carbons (Fsp3) is 0.722. The van der Waals surface area contributed by atoms with Gasteiger partial charge < -0.3 is 15.4 Å². The minimum Gasteiger partial charge on any atom is -0.377 e. The first kappa shape index (κ1) is 21.4. The van der Waals surface area contributed by atoms with Crippen LogP contribution in [0.1, 0.15) is 32.6 Å². The van der Waals surface area contributed by atoms with Crippen molar-refractivity contribution in [2.45, 2.75) is 38.6 Å². The summed E-state index contributed by atoms with van der Waals surface area (Å²) in [4.78, 5) is 6.84. The van der Waals surface area contributed by atoms with Gasteiger partial charge >= 0.3 is 0 Å². The molecule has 0 aromatic carbocycles. The Balaban J connectivity index is 0.00000288. The van der Waals surface area contributed by atoms with Crippen LogP contribution in [0.25, 0.3) is 0 Å². The van der Waals surface area contributed by atoms with Gasteiger partial charge in [-0.3, -0.25) is 9.89 Å². The van der Waals surface area contributed by atoms with Crippen molar-refractivity contribution in [3.63, 3.8) is 0 Å². The lowest BCUT2D eigenvalue weighted by atomic mass is 10.0. The van der Waals surface area contributed by atoms with Crippen molar-refractivity contribution in [2.24, 2.45) is 4.99 Å². The zero-order valence-corrected chi connectivity index (χ0v) is 17.5. The molecule has 2 aliphatic heterocycles. The molecule has 2 aliphatic rings. The Morgan fingerprint density at radius 1 is 1.42 bits per heavy atom. The second-order valence-corrected chi connectivity index (χ2v) is 6.59. The minimum atomic E-state index is 0. The largest absolute Gasteiger partial charge is 0.377 e. The van der Waals surface area contributed by atoms with Crippen LogP contribution in [0.4, 0.5) is 0 Å². The highest BCUT2D eigenvalue weighted by molar-refractivity contribution is 14.0. The van der Waals surface area contributed by atoms with E-state index in [1.165, 1.54) is 11.1 Å². The second kappa shape index (κ2) is 11.9. The molecule has 0 radical (unpaired) electrons. The average Bonchev–Trinajstić information content (AvgIpc) is 2.56. The maximum absolute atomic E-state index is 5.34. The van der Waals surface area contributed by atoms with Crippen molar-refractivity contribution in [1.82, 2.24) is 15.5 Å². The molecule has 0 spiro atoms. The summed E-state index contributed by atoms with van der Waals surface area (Å²) in [6, 6.07) is 0.518. The van der Waals surface area contributed by atoms with Gasteiger partial charge in [0.15, 0.2) is 5.96 Å². The number of piperidine rings is 1. The van der Waals surface area contributed by atoms with E-state index in [4.69, 9.17) is 4.74 Å². The molecule has 1 fully saturated rings. The van der Waals surface area contributed by atoms with E-state index in [0.29, 0.717) is 6.04 Å².